The molecule has 2 heterocycles. The fourth-order valence-electron chi connectivity index (χ4n) is 1.30. The molecule has 0 amide bonds. The molecule has 0 fully saturated rings. The molecule has 7 heteroatoms. The third kappa shape index (κ3) is 2.08. The van der Waals surface area contributed by atoms with Crippen LogP contribution in [0.4, 0.5) is 0 Å². The zero-order valence-electron chi connectivity index (χ0n) is 9.16. The first-order chi connectivity index (χ1) is 7.70. The van der Waals surface area contributed by atoms with Gasteiger partial charge in [-0.25, -0.2) is 9.31 Å². The minimum atomic E-state index is -0.565. The van der Waals surface area contributed by atoms with Crippen molar-refractivity contribution in [3.63, 3.8) is 0 Å². The minimum absolute atomic E-state index is 0.443. The molecule has 0 radical (unpaired) electrons. The highest BCUT2D eigenvalue weighted by Gasteiger charge is 2.11. The molecule has 0 aliphatic rings. The van der Waals surface area contributed by atoms with Crippen molar-refractivity contribution in [2.45, 2.75) is 32.9 Å². The SMILES string of the molecule is CCC(O)c1cn(Cc2nonc2C)nn1. The average Bonchev–Trinajstić information content (AvgIpc) is 2.89. The molecule has 86 valence electrons. The zero-order valence-corrected chi connectivity index (χ0v) is 9.16. The summed E-state index contributed by atoms with van der Waals surface area (Å²) in [6, 6.07) is 0. The van der Waals surface area contributed by atoms with Crippen LogP contribution in [0.1, 0.15) is 36.5 Å². The molecule has 16 heavy (non-hydrogen) atoms. The van der Waals surface area contributed by atoms with Gasteiger partial charge in [0.2, 0.25) is 0 Å². The largest absolute Gasteiger partial charge is 0.387 e. The maximum Gasteiger partial charge on any atom is 0.129 e. The molecule has 2 rings (SSSR count). The Morgan fingerprint density at radius 3 is 2.94 bits per heavy atom. The van der Waals surface area contributed by atoms with E-state index in [0.717, 1.165) is 5.69 Å². The molecule has 0 saturated heterocycles. The predicted octanol–water partition coefficient (Wildman–Crippen LogP) is 0.461. The van der Waals surface area contributed by atoms with E-state index in [0.29, 0.717) is 24.4 Å². The highest BCUT2D eigenvalue weighted by molar-refractivity contribution is 5.06. The molecule has 2 aromatic heterocycles. The highest BCUT2D eigenvalue weighted by Crippen LogP contribution is 2.12. The number of aryl methyl sites for hydroxylation is 1. The summed E-state index contributed by atoms with van der Waals surface area (Å²) in [5.41, 5.74) is 2.01. The lowest BCUT2D eigenvalue weighted by Gasteiger charge is -2.00. The van der Waals surface area contributed by atoms with Crippen molar-refractivity contribution in [2.24, 2.45) is 0 Å². The smallest absolute Gasteiger partial charge is 0.129 e. The summed E-state index contributed by atoms with van der Waals surface area (Å²) >= 11 is 0. The van der Waals surface area contributed by atoms with Gasteiger partial charge in [0.15, 0.2) is 0 Å². The minimum Gasteiger partial charge on any atom is -0.387 e. The Labute approximate surface area is 92.0 Å². The Balaban J connectivity index is 2.11. The summed E-state index contributed by atoms with van der Waals surface area (Å²) in [4.78, 5) is 0. The van der Waals surface area contributed by atoms with E-state index >= 15 is 0 Å². The number of aliphatic hydroxyl groups excluding tert-OH is 1. The van der Waals surface area contributed by atoms with Gasteiger partial charge in [-0.3, -0.25) is 0 Å². The number of nitrogens with zero attached hydrogens (tertiary/aromatic N) is 5. The van der Waals surface area contributed by atoms with Gasteiger partial charge in [0, 0.05) is 0 Å². The van der Waals surface area contributed by atoms with Crippen molar-refractivity contribution in [2.75, 3.05) is 0 Å². The topological polar surface area (TPSA) is 89.9 Å². The van der Waals surface area contributed by atoms with Crippen molar-refractivity contribution in [1.82, 2.24) is 25.3 Å². The summed E-state index contributed by atoms with van der Waals surface area (Å²) < 4.78 is 6.18. The summed E-state index contributed by atoms with van der Waals surface area (Å²) in [6.45, 7) is 4.14. The third-order valence-corrected chi connectivity index (χ3v) is 2.34. The number of aromatic nitrogens is 5. The van der Waals surface area contributed by atoms with Crippen LogP contribution >= 0.6 is 0 Å². The number of hydrogen-bond donors (Lipinski definition) is 1. The van der Waals surface area contributed by atoms with Crippen LogP contribution in [0.3, 0.4) is 0 Å². The molecule has 7 nitrogen and oxygen atoms in total. The second-order valence-corrected chi connectivity index (χ2v) is 3.56. The van der Waals surface area contributed by atoms with Gasteiger partial charge >= 0.3 is 0 Å². The second-order valence-electron chi connectivity index (χ2n) is 3.56. The normalized spacial score (nSPS) is 12.9. The van der Waals surface area contributed by atoms with E-state index in [1.165, 1.54) is 0 Å². The van der Waals surface area contributed by atoms with Gasteiger partial charge in [0.1, 0.15) is 17.1 Å². The summed E-state index contributed by atoms with van der Waals surface area (Å²) in [5, 5.41) is 24.8. The van der Waals surface area contributed by atoms with Gasteiger partial charge in [-0.15, -0.1) is 5.10 Å². The molecular weight excluding hydrogens is 210 g/mol. The molecule has 1 atom stereocenters. The molecule has 0 saturated carbocycles. The molecule has 1 unspecified atom stereocenters. The molecule has 0 aliphatic carbocycles. The molecule has 0 spiro atoms. The Kier molecular flexibility index (Phi) is 2.95. The van der Waals surface area contributed by atoms with Crippen LogP contribution < -0.4 is 0 Å². The summed E-state index contributed by atoms with van der Waals surface area (Å²) in [7, 11) is 0. The van der Waals surface area contributed by atoms with Gasteiger partial charge in [0.25, 0.3) is 0 Å². The Morgan fingerprint density at radius 1 is 1.50 bits per heavy atom. The van der Waals surface area contributed by atoms with E-state index < -0.39 is 6.10 Å². The molecule has 2 aromatic rings. The van der Waals surface area contributed by atoms with Crippen molar-refractivity contribution in [1.29, 1.82) is 0 Å². The molecule has 1 N–H and O–H groups in total. The lowest BCUT2D eigenvalue weighted by Crippen LogP contribution is -2.02. The van der Waals surface area contributed by atoms with E-state index in [9.17, 15) is 5.11 Å². The molecule has 0 aliphatic heterocycles. The van der Waals surface area contributed by atoms with E-state index in [1.807, 2.05) is 13.8 Å². The first kappa shape index (κ1) is 10.7. The lowest BCUT2D eigenvalue weighted by molar-refractivity contribution is 0.168. The van der Waals surface area contributed by atoms with E-state index in [1.54, 1.807) is 10.9 Å². The van der Waals surface area contributed by atoms with Crippen LogP contribution in [-0.2, 0) is 6.54 Å². The fourth-order valence-corrected chi connectivity index (χ4v) is 1.30. The second kappa shape index (κ2) is 4.40. The average molecular weight is 223 g/mol. The zero-order chi connectivity index (χ0) is 11.5. The Morgan fingerprint density at radius 2 is 2.31 bits per heavy atom. The number of rotatable bonds is 4. The summed E-state index contributed by atoms with van der Waals surface area (Å²) in [5.74, 6) is 0. The monoisotopic (exact) mass is 223 g/mol. The van der Waals surface area contributed by atoms with Gasteiger partial charge < -0.3 is 5.11 Å². The number of aliphatic hydroxyl groups is 1. The summed E-state index contributed by atoms with van der Waals surface area (Å²) in [6.07, 6.45) is 1.75. The Bertz CT molecular complexity index is 464. The van der Waals surface area contributed by atoms with Crippen LogP contribution in [0, 0.1) is 6.92 Å². The van der Waals surface area contributed by atoms with Crippen LogP contribution in [-0.4, -0.2) is 30.4 Å². The first-order valence-electron chi connectivity index (χ1n) is 5.06. The molecule has 0 aromatic carbocycles. The van der Waals surface area contributed by atoms with Crippen LogP contribution in [0.5, 0.6) is 0 Å². The van der Waals surface area contributed by atoms with Crippen molar-refractivity contribution in [3.05, 3.63) is 23.3 Å². The Hall–Kier alpha value is -1.76. The third-order valence-electron chi connectivity index (χ3n) is 2.34. The maximum atomic E-state index is 9.56. The van der Waals surface area contributed by atoms with Crippen molar-refractivity contribution in [3.8, 4) is 0 Å². The quantitative estimate of drug-likeness (QED) is 0.809. The van der Waals surface area contributed by atoms with E-state index in [2.05, 4.69) is 25.3 Å². The first-order valence-corrected chi connectivity index (χ1v) is 5.06. The molecule has 0 bridgehead atoms. The van der Waals surface area contributed by atoms with Crippen LogP contribution in [0.15, 0.2) is 10.8 Å². The fraction of sp³-hybridized carbons (Fsp3) is 0.556. The van der Waals surface area contributed by atoms with Gasteiger partial charge in [0.05, 0.1) is 18.8 Å². The maximum absolute atomic E-state index is 9.56. The number of hydrogen-bond acceptors (Lipinski definition) is 6. The van der Waals surface area contributed by atoms with E-state index in [4.69, 9.17) is 0 Å². The van der Waals surface area contributed by atoms with Gasteiger partial charge in [-0.2, -0.15) is 0 Å². The standard InChI is InChI=1S/C9H13N5O2/c1-3-9(15)8-5-14(13-10-8)4-7-6(2)11-16-12-7/h5,9,15H,3-4H2,1-2H3. The highest BCUT2D eigenvalue weighted by atomic mass is 16.6. The molecular formula is C9H13N5O2. The van der Waals surface area contributed by atoms with Crippen molar-refractivity contribution >= 4 is 0 Å². The van der Waals surface area contributed by atoms with Gasteiger partial charge in [-0.05, 0) is 13.3 Å². The van der Waals surface area contributed by atoms with Crippen LogP contribution in [0.25, 0.3) is 0 Å². The van der Waals surface area contributed by atoms with E-state index in [-0.39, 0.29) is 0 Å². The van der Waals surface area contributed by atoms with Crippen LogP contribution in [0.2, 0.25) is 0 Å². The van der Waals surface area contributed by atoms with Crippen molar-refractivity contribution < 1.29 is 9.74 Å². The predicted molar refractivity (Wildman–Crippen MR) is 53.4 cm³/mol. The van der Waals surface area contributed by atoms with Gasteiger partial charge in [-0.1, -0.05) is 22.5 Å². The lowest BCUT2D eigenvalue weighted by atomic mass is 10.2.